The molecule has 0 spiro atoms. The minimum atomic E-state index is -0.284. The van der Waals surface area contributed by atoms with Gasteiger partial charge in [-0.1, -0.05) is 29.8 Å². The largest absolute Gasteiger partial charge is 0.464 e. The van der Waals surface area contributed by atoms with E-state index in [1.807, 2.05) is 24.3 Å². The first kappa shape index (κ1) is 13.4. The van der Waals surface area contributed by atoms with Crippen molar-refractivity contribution in [1.29, 1.82) is 0 Å². The van der Waals surface area contributed by atoms with Crippen molar-refractivity contribution in [2.75, 3.05) is 13.2 Å². The predicted octanol–water partition coefficient (Wildman–Crippen LogP) is 2.99. The van der Waals surface area contributed by atoms with Crippen LogP contribution in [0.15, 0.2) is 24.3 Å². The second-order valence-electron chi connectivity index (χ2n) is 4.39. The molecule has 2 rings (SSSR count). The molecule has 1 aromatic carbocycles. The van der Waals surface area contributed by atoms with Crippen LogP contribution in [0.4, 0.5) is 0 Å². The number of aryl methyl sites for hydroxylation is 1. The quantitative estimate of drug-likeness (QED) is 0.433. The van der Waals surface area contributed by atoms with Crippen molar-refractivity contribution >= 4 is 17.6 Å². The Balaban J connectivity index is 1.53. The Labute approximate surface area is 112 Å². The summed E-state index contributed by atoms with van der Waals surface area (Å²) in [6, 6.07) is 7.89. The van der Waals surface area contributed by atoms with Crippen LogP contribution in [0.5, 0.6) is 0 Å². The lowest BCUT2D eigenvalue weighted by atomic mass is 10.1. The zero-order chi connectivity index (χ0) is 12.8. The number of ether oxygens (including phenoxy) is 2. The summed E-state index contributed by atoms with van der Waals surface area (Å²) in [7, 11) is 0. The molecule has 1 aliphatic heterocycles. The minimum absolute atomic E-state index is 0.221. The van der Waals surface area contributed by atoms with E-state index in [2.05, 4.69) is 0 Å². The molecule has 0 saturated carbocycles. The van der Waals surface area contributed by atoms with Crippen LogP contribution in [0.1, 0.15) is 24.8 Å². The fourth-order valence-electron chi connectivity index (χ4n) is 1.75. The van der Waals surface area contributed by atoms with Gasteiger partial charge in [-0.25, -0.2) is 4.79 Å². The van der Waals surface area contributed by atoms with E-state index in [4.69, 9.17) is 21.1 Å². The van der Waals surface area contributed by atoms with Crippen molar-refractivity contribution in [1.82, 2.24) is 0 Å². The number of epoxide rings is 1. The van der Waals surface area contributed by atoms with Gasteiger partial charge in [0, 0.05) is 5.02 Å². The van der Waals surface area contributed by atoms with Crippen LogP contribution in [0, 0.1) is 0 Å². The molecule has 1 fully saturated rings. The Morgan fingerprint density at radius 1 is 1.33 bits per heavy atom. The molecule has 0 amide bonds. The number of rotatable bonds is 7. The number of benzene rings is 1. The molecule has 1 unspecified atom stereocenters. The fraction of sp³-hybridized carbons (Fsp3) is 0.500. The SMILES string of the molecule is O=C(OCCCCCc1ccccc1Cl)C1CO1. The average molecular weight is 269 g/mol. The van der Waals surface area contributed by atoms with Crippen molar-refractivity contribution in [2.24, 2.45) is 0 Å². The Bertz CT molecular complexity index is 402. The lowest BCUT2D eigenvalue weighted by Gasteiger charge is -2.04. The number of esters is 1. The first-order chi connectivity index (χ1) is 8.77. The second-order valence-corrected chi connectivity index (χ2v) is 4.80. The van der Waals surface area contributed by atoms with Gasteiger partial charge in [-0.15, -0.1) is 0 Å². The monoisotopic (exact) mass is 268 g/mol. The molecule has 0 radical (unpaired) electrons. The van der Waals surface area contributed by atoms with Crippen LogP contribution < -0.4 is 0 Å². The summed E-state index contributed by atoms with van der Waals surface area (Å²) in [5.41, 5.74) is 1.18. The van der Waals surface area contributed by atoms with Gasteiger partial charge in [0.2, 0.25) is 0 Å². The third-order valence-electron chi connectivity index (χ3n) is 2.89. The second kappa shape index (κ2) is 6.76. The highest BCUT2D eigenvalue weighted by atomic mass is 35.5. The van der Waals surface area contributed by atoms with Crippen LogP contribution >= 0.6 is 11.6 Å². The summed E-state index contributed by atoms with van der Waals surface area (Å²) in [6.07, 6.45) is 3.67. The highest BCUT2D eigenvalue weighted by Crippen LogP contribution is 2.17. The molecule has 1 atom stereocenters. The molecule has 1 aromatic rings. The van der Waals surface area contributed by atoms with Crippen LogP contribution in [0.25, 0.3) is 0 Å². The molecule has 0 N–H and O–H groups in total. The molecule has 3 nitrogen and oxygen atoms in total. The molecular weight excluding hydrogens is 252 g/mol. The van der Waals surface area contributed by atoms with Crippen molar-refractivity contribution in [2.45, 2.75) is 31.8 Å². The molecule has 0 aromatic heterocycles. The number of hydrogen-bond acceptors (Lipinski definition) is 3. The predicted molar refractivity (Wildman–Crippen MR) is 69.7 cm³/mol. The number of hydrogen-bond donors (Lipinski definition) is 0. The topological polar surface area (TPSA) is 38.8 Å². The van der Waals surface area contributed by atoms with E-state index >= 15 is 0 Å². The maximum Gasteiger partial charge on any atom is 0.337 e. The van der Waals surface area contributed by atoms with E-state index in [0.717, 1.165) is 30.7 Å². The number of unbranched alkanes of at least 4 members (excludes halogenated alkanes) is 2. The van der Waals surface area contributed by atoms with Gasteiger partial charge in [0.1, 0.15) is 0 Å². The van der Waals surface area contributed by atoms with Gasteiger partial charge in [-0.3, -0.25) is 0 Å². The van der Waals surface area contributed by atoms with E-state index in [9.17, 15) is 4.79 Å². The number of halogens is 1. The van der Waals surface area contributed by atoms with Gasteiger partial charge in [0.25, 0.3) is 0 Å². The number of carbonyl (C=O) groups is 1. The molecule has 4 heteroatoms. The van der Waals surface area contributed by atoms with E-state index in [0.29, 0.717) is 13.2 Å². The maximum absolute atomic E-state index is 11.1. The van der Waals surface area contributed by atoms with Crippen molar-refractivity contribution in [3.63, 3.8) is 0 Å². The van der Waals surface area contributed by atoms with Crippen LogP contribution in [0.2, 0.25) is 5.02 Å². The fourth-order valence-corrected chi connectivity index (χ4v) is 1.98. The lowest BCUT2D eigenvalue weighted by molar-refractivity contribution is -0.145. The van der Waals surface area contributed by atoms with Crippen LogP contribution in [-0.4, -0.2) is 25.3 Å². The molecule has 1 aliphatic rings. The first-order valence-electron chi connectivity index (χ1n) is 6.29. The zero-order valence-corrected chi connectivity index (χ0v) is 11.0. The minimum Gasteiger partial charge on any atom is -0.464 e. The highest BCUT2D eigenvalue weighted by Gasteiger charge is 2.32. The smallest absolute Gasteiger partial charge is 0.337 e. The van der Waals surface area contributed by atoms with Crippen LogP contribution in [-0.2, 0) is 20.7 Å². The van der Waals surface area contributed by atoms with E-state index in [1.165, 1.54) is 5.56 Å². The summed E-state index contributed by atoms with van der Waals surface area (Å²) in [5, 5.41) is 0.829. The van der Waals surface area contributed by atoms with Crippen molar-refractivity contribution in [3.8, 4) is 0 Å². The average Bonchev–Trinajstić information content (AvgIpc) is 3.19. The van der Waals surface area contributed by atoms with E-state index < -0.39 is 0 Å². The summed E-state index contributed by atoms with van der Waals surface area (Å²) in [5.74, 6) is -0.221. The van der Waals surface area contributed by atoms with Crippen molar-refractivity contribution in [3.05, 3.63) is 34.9 Å². The standard InChI is InChI=1S/C14H17ClO3/c15-12-8-4-3-7-11(12)6-2-1-5-9-17-14(16)13-10-18-13/h3-4,7-8,13H,1-2,5-6,9-10H2. The van der Waals surface area contributed by atoms with Gasteiger partial charge in [0.05, 0.1) is 13.2 Å². The summed E-state index contributed by atoms with van der Waals surface area (Å²) in [4.78, 5) is 11.1. The molecule has 18 heavy (non-hydrogen) atoms. The molecule has 1 saturated heterocycles. The molecule has 0 bridgehead atoms. The Kier molecular flexibility index (Phi) is 5.02. The lowest BCUT2D eigenvalue weighted by Crippen LogP contribution is -2.12. The van der Waals surface area contributed by atoms with Crippen molar-refractivity contribution < 1.29 is 14.3 Å². The molecular formula is C14H17ClO3. The Morgan fingerprint density at radius 2 is 2.11 bits per heavy atom. The van der Waals surface area contributed by atoms with Gasteiger partial charge in [0.15, 0.2) is 6.10 Å². The molecule has 0 aliphatic carbocycles. The zero-order valence-electron chi connectivity index (χ0n) is 10.2. The van der Waals surface area contributed by atoms with Gasteiger partial charge >= 0.3 is 5.97 Å². The normalized spacial score (nSPS) is 17.5. The number of carbonyl (C=O) groups excluding carboxylic acids is 1. The van der Waals surface area contributed by atoms with Gasteiger partial charge < -0.3 is 9.47 Å². The first-order valence-corrected chi connectivity index (χ1v) is 6.67. The van der Waals surface area contributed by atoms with Crippen LogP contribution in [0.3, 0.4) is 0 Å². The summed E-state index contributed by atoms with van der Waals surface area (Å²) >= 11 is 6.06. The molecule has 98 valence electrons. The van der Waals surface area contributed by atoms with Gasteiger partial charge in [-0.05, 0) is 37.3 Å². The van der Waals surface area contributed by atoms with E-state index in [-0.39, 0.29) is 12.1 Å². The summed E-state index contributed by atoms with van der Waals surface area (Å²) < 4.78 is 9.88. The highest BCUT2D eigenvalue weighted by molar-refractivity contribution is 6.31. The third-order valence-corrected chi connectivity index (χ3v) is 3.26. The van der Waals surface area contributed by atoms with Gasteiger partial charge in [-0.2, -0.15) is 0 Å². The third kappa shape index (κ3) is 4.31. The Morgan fingerprint density at radius 3 is 2.83 bits per heavy atom. The van der Waals surface area contributed by atoms with E-state index in [1.54, 1.807) is 0 Å². The maximum atomic E-state index is 11.1. The molecule has 1 heterocycles. The Hall–Kier alpha value is -1.06. The summed E-state index contributed by atoms with van der Waals surface area (Å²) in [6.45, 7) is 1.01.